The zero-order valence-corrected chi connectivity index (χ0v) is 21.6. The van der Waals surface area contributed by atoms with E-state index in [1.807, 2.05) is 0 Å². The van der Waals surface area contributed by atoms with Gasteiger partial charge in [0.05, 0.1) is 35.9 Å². The van der Waals surface area contributed by atoms with Gasteiger partial charge < -0.3 is 9.47 Å². The van der Waals surface area contributed by atoms with Crippen molar-refractivity contribution in [1.29, 1.82) is 0 Å². The fourth-order valence-electron chi connectivity index (χ4n) is 4.58. The molecule has 40 heavy (non-hydrogen) atoms. The molecule has 0 radical (unpaired) electrons. The maximum absolute atomic E-state index is 15.4. The Balaban J connectivity index is 1.66. The standard InChI is InChI=1S/C28H23F5N4O3/c1-15-8-20(35-34-15)14-40-26-22(30)9-17(10-24(26)39-3)21-11-18(28(31,32)33)12-23-25(21)36(2)27(38)37(23)13-16-4-6-19(29)7-5-16/h4-12H,13-14H2,1-3H3,(H,34,35). The minimum Gasteiger partial charge on any atom is -0.493 e. The van der Waals surface area contributed by atoms with Crippen molar-refractivity contribution in [2.45, 2.75) is 26.3 Å². The summed E-state index contributed by atoms with van der Waals surface area (Å²) < 4.78 is 84.1. The summed E-state index contributed by atoms with van der Waals surface area (Å²) in [6, 6.07) is 11.1. The van der Waals surface area contributed by atoms with E-state index in [0.717, 1.165) is 28.5 Å². The number of aromatic amines is 1. The maximum Gasteiger partial charge on any atom is 0.416 e. The topological polar surface area (TPSA) is 74.1 Å². The molecular formula is C28H23F5N4O3. The Morgan fingerprint density at radius 2 is 1.75 bits per heavy atom. The van der Waals surface area contributed by atoms with Gasteiger partial charge in [0.25, 0.3) is 0 Å². The van der Waals surface area contributed by atoms with Gasteiger partial charge in [0.1, 0.15) is 12.4 Å². The van der Waals surface area contributed by atoms with Gasteiger partial charge in [-0.3, -0.25) is 14.2 Å². The third kappa shape index (κ3) is 5.04. The number of rotatable bonds is 7. The fraction of sp³-hybridized carbons (Fsp3) is 0.214. The zero-order chi connectivity index (χ0) is 28.8. The van der Waals surface area contributed by atoms with Crippen molar-refractivity contribution in [1.82, 2.24) is 19.3 Å². The number of nitrogens with zero attached hydrogens (tertiary/aromatic N) is 3. The Kier molecular flexibility index (Phi) is 6.86. The zero-order valence-electron chi connectivity index (χ0n) is 21.6. The molecule has 0 atom stereocenters. The van der Waals surface area contributed by atoms with Crippen LogP contribution in [0.5, 0.6) is 11.5 Å². The molecule has 2 aromatic heterocycles. The molecule has 0 unspecified atom stereocenters. The summed E-state index contributed by atoms with van der Waals surface area (Å²) in [6.45, 7) is 1.61. The molecule has 0 saturated heterocycles. The second-order valence-corrected chi connectivity index (χ2v) is 9.26. The normalized spacial score (nSPS) is 11.8. The quantitative estimate of drug-likeness (QED) is 0.250. The molecule has 3 aromatic carbocycles. The molecule has 0 bridgehead atoms. The summed E-state index contributed by atoms with van der Waals surface area (Å²) in [5.74, 6) is -1.65. The van der Waals surface area contributed by atoms with E-state index in [1.165, 1.54) is 49.1 Å². The summed E-state index contributed by atoms with van der Waals surface area (Å²) in [7, 11) is 2.69. The fourth-order valence-corrected chi connectivity index (χ4v) is 4.58. The van der Waals surface area contributed by atoms with E-state index in [0.29, 0.717) is 11.3 Å². The first-order valence-corrected chi connectivity index (χ1v) is 12.0. The van der Waals surface area contributed by atoms with Crippen LogP contribution in [-0.4, -0.2) is 26.4 Å². The van der Waals surface area contributed by atoms with E-state index in [9.17, 15) is 22.4 Å². The number of methoxy groups -OCH3 is 1. The largest absolute Gasteiger partial charge is 0.493 e. The Hall–Kier alpha value is -4.61. The average Bonchev–Trinajstić information content (AvgIpc) is 3.43. The molecule has 208 valence electrons. The molecule has 0 aliphatic rings. The van der Waals surface area contributed by atoms with E-state index >= 15 is 4.39 Å². The number of alkyl halides is 3. The molecule has 1 N–H and O–H groups in total. The van der Waals surface area contributed by atoms with Gasteiger partial charge in [0.15, 0.2) is 17.3 Å². The number of hydrogen-bond acceptors (Lipinski definition) is 4. The monoisotopic (exact) mass is 558 g/mol. The lowest BCUT2D eigenvalue weighted by Gasteiger charge is -2.16. The molecule has 2 heterocycles. The highest BCUT2D eigenvalue weighted by molar-refractivity contribution is 5.94. The van der Waals surface area contributed by atoms with Crippen LogP contribution in [0.15, 0.2) is 59.4 Å². The predicted octanol–water partition coefficient (Wildman–Crippen LogP) is 5.97. The van der Waals surface area contributed by atoms with Gasteiger partial charge in [0, 0.05) is 18.3 Å². The molecule has 0 aliphatic heterocycles. The van der Waals surface area contributed by atoms with Gasteiger partial charge >= 0.3 is 11.9 Å². The number of hydrogen-bond donors (Lipinski definition) is 1. The van der Waals surface area contributed by atoms with E-state index in [2.05, 4.69) is 10.2 Å². The second-order valence-electron chi connectivity index (χ2n) is 9.26. The number of benzene rings is 3. The maximum atomic E-state index is 15.4. The highest BCUT2D eigenvalue weighted by Gasteiger charge is 2.33. The molecule has 0 amide bonds. The number of ether oxygens (including phenoxy) is 2. The van der Waals surface area contributed by atoms with Crippen molar-refractivity contribution in [3.63, 3.8) is 0 Å². The lowest BCUT2D eigenvalue weighted by atomic mass is 9.99. The second kappa shape index (κ2) is 10.2. The number of aryl methyl sites for hydroxylation is 2. The Morgan fingerprint density at radius 3 is 2.38 bits per heavy atom. The summed E-state index contributed by atoms with van der Waals surface area (Å²) in [4.78, 5) is 13.2. The summed E-state index contributed by atoms with van der Waals surface area (Å²) in [6.07, 6.45) is -4.76. The minimum absolute atomic E-state index is 0.0183. The average molecular weight is 559 g/mol. The van der Waals surface area contributed by atoms with Crippen molar-refractivity contribution in [2.75, 3.05) is 7.11 Å². The number of fused-ring (bicyclic) bond motifs is 1. The first-order chi connectivity index (χ1) is 19.0. The van der Waals surface area contributed by atoms with Crippen LogP contribution >= 0.6 is 0 Å². The number of aromatic nitrogens is 4. The Morgan fingerprint density at radius 1 is 1.02 bits per heavy atom. The first-order valence-electron chi connectivity index (χ1n) is 12.0. The molecule has 0 saturated carbocycles. The molecule has 5 aromatic rings. The third-order valence-corrected chi connectivity index (χ3v) is 6.48. The van der Waals surface area contributed by atoms with Crippen LogP contribution < -0.4 is 15.2 Å². The first kappa shape index (κ1) is 27.0. The van der Waals surface area contributed by atoms with Crippen molar-refractivity contribution in [2.24, 2.45) is 7.05 Å². The van der Waals surface area contributed by atoms with Crippen LogP contribution in [0.1, 0.15) is 22.5 Å². The van der Waals surface area contributed by atoms with Gasteiger partial charge in [-0.2, -0.15) is 18.3 Å². The van der Waals surface area contributed by atoms with Gasteiger partial charge in [-0.15, -0.1) is 0 Å². The molecular weight excluding hydrogens is 535 g/mol. The van der Waals surface area contributed by atoms with E-state index in [-0.39, 0.29) is 46.8 Å². The molecule has 0 fully saturated rings. The lowest BCUT2D eigenvalue weighted by Crippen LogP contribution is -2.22. The van der Waals surface area contributed by atoms with E-state index < -0.39 is 29.1 Å². The van der Waals surface area contributed by atoms with Crippen LogP contribution in [0.25, 0.3) is 22.2 Å². The van der Waals surface area contributed by atoms with Crippen molar-refractivity contribution in [3.05, 3.63) is 99.2 Å². The number of imidazole rings is 1. The highest BCUT2D eigenvalue weighted by Crippen LogP contribution is 2.41. The van der Waals surface area contributed by atoms with Crippen molar-refractivity contribution >= 4 is 11.0 Å². The number of nitrogens with one attached hydrogen (secondary N) is 1. The highest BCUT2D eigenvalue weighted by atomic mass is 19.4. The van der Waals surface area contributed by atoms with Crippen LogP contribution in [0, 0.1) is 18.6 Å². The number of H-pyrrole nitrogens is 1. The van der Waals surface area contributed by atoms with Crippen LogP contribution in [0.2, 0.25) is 0 Å². The van der Waals surface area contributed by atoms with Crippen molar-refractivity contribution < 1.29 is 31.4 Å². The van der Waals surface area contributed by atoms with Crippen molar-refractivity contribution in [3.8, 4) is 22.6 Å². The van der Waals surface area contributed by atoms with Gasteiger partial charge in [-0.1, -0.05) is 12.1 Å². The molecule has 0 spiro atoms. The van der Waals surface area contributed by atoms with E-state index in [4.69, 9.17) is 9.47 Å². The Bertz CT molecular complexity index is 1770. The molecule has 7 nitrogen and oxygen atoms in total. The van der Waals surface area contributed by atoms with Gasteiger partial charge in [0.2, 0.25) is 0 Å². The van der Waals surface area contributed by atoms with E-state index in [1.54, 1.807) is 13.0 Å². The van der Waals surface area contributed by atoms with Crippen LogP contribution in [0.4, 0.5) is 22.0 Å². The van der Waals surface area contributed by atoms with Crippen LogP contribution in [-0.2, 0) is 26.4 Å². The van der Waals surface area contributed by atoms with Gasteiger partial charge in [-0.05, 0) is 60.5 Å². The smallest absolute Gasteiger partial charge is 0.416 e. The molecule has 5 rings (SSSR count). The van der Waals surface area contributed by atoms with Gasteiger partial charge in [-0.25, -0.2) is 13.6 Å². The minimum atomic E-state index is -4.76. The number of halogens is 5. The predicted molar refractivity (Wildman–Crippen MR) is 137 cm³/mol. The summed E-state index contributed by atoms with van der Waals surface area (Å²) in [5, 5.41) is 6.78. The molecule has 12 heteroatoms. The summed E-state index contributed by atoms with van der Waals surface area (Å²) in [5.41, 5.74) is 0.335. The SMILES string of the molecule is COc1cc(-c2cc(C(F)(F)F)cc3c2n(C)c(=O)n3Cc2ccc(F)cc2)cc(F)c1OCc1cc(C)[nH]n1. The Labute approximate surface area is 224 Å². The molecule has 0 aliphatic carbocycles. The van der Waals surface area contributed by atoms with Crippen LogP contribution in [0.3, 0.4) is 0 Å². The third-order valence-electron chi connectivity index (χ3n) is 6.48. The lowest BCUT2D eigenvalue weighted by molar-refractivity contribution is -0.137. The summed E-state index contributed by atoms with van der Waals surface area (Å²) >= 11 is 0.